The summed E-state index contributed by atoms with van der Waals surface area (Å²) in [7, 11) is -1.14. The molecular formula is C32H32FN5O7S. The number of hydrogen-bond acceptors (Lipinski definition) is 9. The highest BCUT2D eigenvalue weighted by molar-refractivity contribution is 7.92. The van der Waals surface area contributed by atoms with Gasteiger partial charge in [-0.3, -0.25) is 14.9 Å². The van der Waals surface area contributed by atoms with Crippen molar-refractivity contribution in [3.8, 4) is 5.75 Å². The van der Waals surface area contributed by atoms with Crippen molar-refractivity contribution in [2.75, 3.05) is 31.4 Å². The summed E-state index contributed by atoms with van der Waals surface area (Å²) < 4.78 is 51.5. The number of aromatic amines is 1. The first-order valence-corrected chi connectivity index (χ1v) is 16.3. The van der Waals surface area contributed by atoms with E-state index in [1.54, 1.807) is 29.2 Å². The SMILES string of the molecule is COC(=O)Nc1ccc(S(=O)(=O)C2CC2)c([C@H]2CCCN2C(=O)[C@H](Nc2ccc3nc[nH]c(=O)c3c2)c2ccc(F)c(OC)c2)c1. The number of likely N-dealkylation sites (tertiary alicyclic amines) is 1. The van der Waals surface area contributed by atoms with Crippen molar-refractivity contribution >= 4 is 44.1 Å². The van der Waals surface area contributed by atoms with E-state index in [-0.39, 0.29) is 16.2 Å². The van der Waals surface area contributed by atoms with Gasteiger partial charge >= 0.3 is 6.09 Å². The van der Waals surface area contributed by atoms with Crippen molar-refractivity contribution in [1.82, 2.24) is 14.9 Å². The minimum Gasteiger partial charge on any atom is -0.494 e. The fourth-order valence-corrected chi connectivity index (χ4v) is 7.76. The molecule has 14 heteroatoms. The third kappa shape index (κ3) is 5.99. The summed E-state index contributed by atoms with van der Waals surface area (Å²) in [6, 6.07) is 11.8. The first-order valence-electron chi connectivity index (χ1n) is 14.7. The third-order valence-corrected chi connectivity index (χ3v) is 10.6. The molecule has 2 aliphatic rings. The Morgan fingerprint density at radius 1 is 1.04 bits per heavy atom. The number of ether oxygens (including phenoxy) is 2. The first-order chi connectivity index (χ1) is 22.1. The number of halogens is 1. The summed E-state index contributed by atoms with van der Waals surface area (Å²) in [5.74, 6) is -1.07. The summed E-state index contributed by atoms with van der Waals surface area (Å²) in [6.07, 6.45) is 2.75. The summed E-state index contributed by atoms with van der Waals surface area (Å²) >= 11 is 0. The van der Waals surface area contributed by atoms with Crippen LogP contribution in [0.5, 0.6) is 5.75 Å². The van der Waals surface area contributed by atoms with E-state index < -0.39 is 45.0 Å². The van der Waals surface area contributed by atoms with Gasteiger partial charge in [0.2, 0.25) is 5.91 Å². The van der Waals surface area contributed by atoms with Crippen LogP contribution in [0.3, 0.4) is 0 Å². The maximum Gasteiger partial charge on any atom is 0.411 e. The molecule has 2 amide bonds. The highest BCUT2D eigenvalue weighted by Gasteiger charge is 2.42. The van der Waals surface area contributed by atoms with Crippen molar-refractivity contribution in [2.24, 2.45) is 0 Å². The number of anilines is 2. The Kier molecular flexibility index (Phi) is 8.38. The average molecular weight is 650 g/mol. The van der Waals surface area contributed by atoms with Gasteiger partial charge in [-0.2, -0.15) is 0 Å². The molecule has 6 rings (SSSR count). The molecule has 4 aromatic rings. The van der Waals surface area contributed by atoms with Crippen LogP contribution in [0, 0.1) is 5.82 Å². The molecule has 1 aliphatic heterocycles. The zero-order chi connectivity index (χ0) is 32.6. The van der Waals surface area contributed by atoms with Crippen LogP contribution in [0.25, 0.3) is 10.9 Å². The van der Waals surface area contributed by atoms with Crippen LogP contribution >= 0.6 is 0 Å². The maximum absolute atomic E-state index is 14.6. The number of aromatic nitrogens is 2. The minimum atomic E-state index is -3.69. The van der Waals surface area contributed by atoms with Gasteiger partial charge in [0.15, 0.2) is 21.4 Å². The first kappa shape index (κ1) is 31.0. The number of carbonyl (C=O) groups excluding carboxylic acids is 2. The number of rotatable bonds is 9. The van der Waals surface area contributed by atoms with Crippen molar-refractivity contribution in [2.45, 2.75) is 47.9 Å². The van der Waals surface area contributed by atoms with Gasteiger partial charge in [0.25, 0.3) is 5.56 Å². The lowest BCUT2D eigenvalue weighted by Gasteiger charge is -2.31. The monoisotopic (exact) mass is 649 g/mol. The molecule has 1 saturated carbocycles. The number of benzene rings is 3. The second-order valence-corrected chi connectivity index (χ2v) is 13.4. The molecule has 12 nitrogen and oxygen atoms in total. The molecule has 0 radical (unpaired) electrons. The van der Waals surface area contributed by atoms with Crippen LogP contribution in [0.4, 0.5) is 20.6 Å². The van der Waals surface area contributed by atoms with E-state index in [4.69, 9.17) is 9.47 Å². The highest BCUT2D eigenvalue weighted by atomic mass is 32.2. The number of hydrogen-bond donors (Lipinski definition) is 3. The Morgan fingerprint density at radius 3 is 2.57 bits per heavy atom. The number of nitrogens with one attached hydrogen (secondary N) is 3. The lowest BCUT2D eigenvalue weighted by atomic mass is 10.0. The number of amides is 2. The highest BCUT2D eigenvalue weighted by Crippen LogP contribution is 2.43. The van der Waals surface area contributed by atoms with Crippen LogP contribution in [0.2, 0.25) is 0 Å². The predicted molar refractivity (Wildman–Crippen MR) is 168 cm³/mol. The second-order valence-electron chi connectivity index (χ2n) is 11.2. The van der Waals surface area contributed by atoms with Crippen LogP contribution in [0.15, 0.2) is 70.6 Å². The fourth-order valence-electron chi connectivity index (χ4n) is 5.86. The molecule has 240 valence electrons. The largest absolute Gasteiger partial charge is 0.494 e. The van der Waals surface area contributed by atoms with E-state index >= 15 is 0 Å². The minimum absolute atomic E-state index is 0.0615. The molecule has 46 heavy (non-hydrogen) atoms. The summed E-state index contributed by atoms with van der Waals surface area (Å²) in [5, 5.41) is 5.61. The van der Waals surface area contributed by atoms with Crippen LogP contribution < -0.4 is 20.9 Å². The van der Waals surface area contributed by atoms with Crippen molar-refractivity contribution in [1.29, 1.82) is 0 Å². The molecule has 1 aliphatic carbocycles. The third-order valence-electron chi connectivity index (χ3n) is 8.31. The van der Waals surface area contributed by atoms with E-state index in [1.165, 1.54) is 50.9 Å². The molecule has 2 fully saturated rings. The quantitative estimate of drug-likeness (QED) is 0.234. The van der Waals surface area contributed by atoms with Gasteiger partial charge in [0.05, 0.1) is 47.6 Å². The second kappa shape index (κ2) is 12.4. The van der Waals surface area contributed by atoms with E-state index in [0.29, 0.717) is 65.6 Å². The Bertz CT molecular complexity index is 2000. The molecule has 2 atom stereocenters. The van der Waals surface area contributed by atoms with Gasteiger partial charge in [0, 0.05) is 17.9 Å². The Labute approximate surface area is 263 Å². The van der Waals surface area contributed by atoms with Crippen molar-refractivity contribution in [3.05, 3.63) is 88.2 Å². The number of H-pyrrole nitrogens is 1. The number of sulfone groups is 1. The topological polar surface area (TPSA) is 160 Å². The Hall–Kier alpha value is -4.98. The molecular weight excluding hydrogens is 617 g/mol. The number of methoxy groups -OCH3 is 2. The van der Waals surface area contributed by atoms with Crippen molar-refractivity contribution < 1.29 is 31.9 Å². The molecule has 3 N–H and O–H groups in total. The van der Waals surface area contributed by atoms with Crippen LogP contribution in [-0.2, 0) is 19.4 Å². The van der Waals surface area contributed by atoms with Gasteiger partial charge in [0.1, 0.15) is 6.04 Å². The van der Waals surface area contributed by atoms with Crippen molar-refractivity contribution in [3.63, 3.8) is 0 Å². The fraction of sp³-hybridized carbons (Fsp3) is 0.312. The molecule has 0 bridgehead atoms. The molecule has 3 aromatic carbocycles. The molecule has 1 saturated heterocycles. The number of carbonyl (C=O) groups is 2. The standard InChI is InChI=1S/C32H32FN5O7S/c1-44-27-14-18(5-10-24(27)33)29(36-19-6-11-25-22(15-19)30(39)35-17-34-25)31(40)38-13-3-4-26(38)23-16-20(37-32(41)45-2)7-12-28(23)46(42,43)21-8-9-21/h5-7,10-12,14-17,21,26,29,36H,3-4,8-9,13H2,1-2H3,(H,37,41)(H,34,35,39)/t26-,29-/m1/s1. The predicted octanol–water partition coefficient (Wildman–Crippen LogP) is 4.70. The van der Waals surface area contributed by atoms with E-state index in [1.807, 2.05) is 0 Å². The molecule has 0 spiro atoms. The maximum atomic E-state index is 14.6. The molecule has 1 aromatic heterocycles. The normalized spacial score (nSPS) is 17.0. The lowest BCUT2D eigenvalue weighted by Crippen LogP contribution is -2.38. The summed E-state index contributed by atoms with van der Waals surface area (Å²) in [5.41, 5.74) is 1.65. The van der Waals surface area contributed by atoms with Crippen LogP contribution in [0.1, 0.15) is 48.9 Å². The van der Waals surface area contributed by atoms with Gasteiger partial charge in [-0.15, -0.1) is 0 Å². The van der Waals surface area contributed by atoms with E-state index in [2.05, 4.69) is 20.6 Å². The zero-order valence-corrected chi connectivity index (χ0v) is 25.9. The Balaban J connectivity index is 1.42. The number of nitrogens with zero attached hydrogens (tertiary/aromatic N) is 2. The molecule has 2 heterocycles. The smallest absolute Gasteiger partial charge is 0.411 e. The summed E-state index contributed by atoms with van der Waals surface area (Å²) in [4.78, 5) is 47.5. The zero-order valence-electron chi connectivity index (χ0n) is 25.1. The Morgan fingerprint density at radius 2 is 1.83 bits per heavy atom. The van der Waals surface area contributed by atoms with Gasteiger partial charge in [-0.05, 0) is 85.3 Å². The van der Waals surface area contributed by atoms with Gasteiger partial charge in [-0.25, -0.2) is 22.6 Å². The number of fused-ring (bicyclic) bond motifs is 1. The van der Waals surface area contributed by atoms with Crippen LogP contribution in [-0.4, -0.2) is 61.3 Å². The average Bonchev–Trinajstić information content (AvgIpc) is 3.81. The van der Waals surface area contributed by atoms with E-state index in [9.17, 15) is 27.2 Å². The summed E-state index contributed by atoms with van der Waals surface area (Å²) in [6.45, 7) is 0.318. The van der Waals surface area contributed by atoms with Gasteiger partial charge < -0.3 is 24.7 Å². The lowest BCUT2D eigenvalue weighted by molar-refractivity contribution is -0.133. The van der Waals surface area contributed by atoms with E-state index in [0.717, 1.165) is 0 Å². The molecule has 0 unspecified atom stereocenters. The van der Waals surface area contributed by atoms with Gasteiger partial charge in [-0.1, -0.05) is 6.07 Å².